The molecule has 1 atom stereocenters. The number of halogens is 2. The Morgan fingerprint density at radius 3 is 2.72 bits per heavy atom. The molecule has 0 radical (unpaired) electrons. The van der Waals surface area contributed by atoms with Crippen molar-refractivity contribution in [2.24, 2.45) is 0 Å². The quantitative estimate of drug-likeness (QED) is 0.275. The van der Waals surface area contributed by atoms with Gasteiger partial charge in [0.15, 0.2) is 17.3 Å². The number of hydrogen-bond donors (Lipinski definition) is 2. The summed E-state index contributed by atoms with van der Waals surface area (Å²) >= 11 is 0. The minimum Gasteiger partial charge on any atom is -0.383 e. The zero-order chi connectivity index (χ0) is 29.7. The molecule has 7 rings (SSSR count). The van der Waals surface area contributed by atoms with Crippen molar-refractivity contribution in [2.75, 3.05) is 5.73 Å². The van der Waals surface area contributed by atoms with E-state index in [-0.39, 0.29) is 28.8 Å². The number of aromatic nitrogens is 7. The van der Waals surface area contributed by atoms with Crippen molar-refractivity contribution in [1.82, 2.24) is 39.6 Å². The van der Waals surface area contributed by atoms with Gasteiger partial charge in [-0.05, 0) is 85.0 Å². The number of pyridine rings is 3. The van der Waals surface area contributed by atoms with Crippen molar-refractivity contribution in [3.05, 3.63) is 107 Å². The number of amides is 1. The fourth-order valence-corrected chi connectivity index (χ4v) is 5.58. The summed E-state index contributed by atoms with van der Waals surface area (Å²) in [6, 6.07) is 16.5. The van der Waals surface area contributed by atoms with Gasteiger partial charge in [-0.1, -0.05) is 6.07 Å². The molecular formula is C31H25F2N9O. The fraction of sp³-hybridized carbons (Fsp3) is 0.161. The minimum absolute atomic E-state index is 0.232. The largest absolute Gasteiger partial charge is 0.383 e. The number of fused-ring (bicyclic) bond motifs is 2. The van der Waals surface area contributed by atoms with E-state index in [0.717, 1.165) is 23.2 Å². The van der Waals surface area contributed by atoms with E-state index < -0.39 is 6.43 Å². The first kappa shape index (κ1) is 26.4. The van der Waals surface area contributed by atoms with E-state index in [2.05, 4.69) is 26.4 Å². The third-order valence-electron chi connectivity index (χ3n) is 7.66. The van der Waals surface area contributed by atoms with Gasteiger partial charge in [-0.15, -0.1) is 0 Å². The van der Waals surface area contributed by atoms with E-state index in [1.165, 1.54) is 19.2 Å². The lowest BCUT2D eigenvalue weighted by Crippen LogP contribution is -2.27. The summed E-state index contributed by atoms with van der Waals surface area (Å²) in [6.45, 7) is 1.53. The number of hydrogen-bond acceptors (Lipinski definition) is 7. The number of carbonyl (C=O) groups excluding carboxylic acids is 1. The molecule has 6 aromatic rings. The first-order chi connectivity index (χ1) is 20.9. The van der Waals surface area contributed by atoms with Crippen LogP contribution in [0.5, 0.6) is 0 Å². The average molecular weight is 578 g/mol. The second-order valence-electron chi connectivity index (χ2n) is 10.3. The highest BCUT2D eigenvalue weighted by atomic mass is 19.3. The van der Waals surface area contributed by atoms with Gasteiger partial charge >= 0.3 is 0 Å². The lowest BCUT2D eigenvalue weighted by molar-refractivity contribution is 0.0935. The SMILES string of the molecule is Cc1cc(C(=O)N[C@H]2CCc3cc(-n4c(-c5cccnc5N)nc5ccc(-n6cccn6)nc54)ccc32)cnc1C(F)F. The molecule has 0 aliphatic heterocycles. The predicted molar refractivity (Wildman–Crippen MR) is 156 cm³/mol. The fourth-order valence-electron chi connectivity index (χ4n) is 5.58. The van der Waals surface area contributed by atoms with Crippen molar-refractivity contribution in [2.45, 2.75) is 32.2 Å². The highest BCUT2D eigenvalue weighted by Gasteiger charge is 2.27. The van der Waals surface area contributed by atoms with Gasteiger partial charge in [-0.25, -0.2) is 28.4 Å². The van der Waals surface area contributed by atoms with Crippen LogP contribution in [0.3, 0.4) is 0 Å². The number of alkyl halides is 2. The maximum absolute atomic E-state index is 13.1. The summed E-state index contributed by atoms with van der Waals surface area (Å²) in [5.74, 6) is 1.23. The highest BCUT2D eigenvalue weighted by Crippen LogP contribution is 2.36. The number of nitrogens with zero attached hydrogens (tertiary/aromatic N) is 7. The number of imidazole rings is 1. The maximum Gasteiger partial charge on any atom is 0.280 e. The van der Waals surface area contributed by atoms with Gasteiger partial charge in [-0.3, -0.25) is 14.3 Å². The van der Waals surface area contributed by atoms with Crippen LogP contribution < -0.4 is 11.1 Å². The molecule has 0 saturated carbocycles. The van der Waals surface area contributed by atoms with E-state index in [0.29, 0.717) is 40.6 Å². The van der Waals surface area contributed by atoms with Crippen molar-refractivity contribution in [3.8, 4) is 22.9 Å². The zero-order valence-corrected chi connectivity index (χ0v) is 22.9. The standard InChI is InChI=1S/C31H25F2N9O/c1-17-14-19(16-36-26(17)27(32)33)31(43)39-23-8-5-18-15-20(6-7-21(18)23)42-29(22-4-2-11-35-28(22)34)38-24-9-10-25(40-30(24)42)41-13-3-12-37-41/h2-4,6-7,9-16,23,27H,5,8H2,1H3,(H2,34,35)(H,39,43)/t23-/m0/s1. The molecule has 0 saturated heterocycles. The number of anilines is 1. The van der Waals surface area contributed by atoms with Crippen LogP contribution in [0.1, 0.15) is 51.6 Å². The molecule has 12 heteroatoms. The molecule has 5 aromatic heterocycles. The van der Waals surface area contributed by atoms with Crippen LogP contribution in [0.2, 0.25) is 0 Å². The van der Waals surface area contributed by atoms with Crippen molar-refractivity contribution < 1.29 is 13.6 Å². The molecule has 1 aliphatic carbocycles. The average Bonchev–Trinajstić information content (AvgIpc) is 3.76. The highest BCUT2D eigenvalue weighted by molar-refractivity contribution is 5.94. The first-order valence-electron chi connectivity index (χ1n) is 13.7. The molecule has 0 unspecified atom stereocenters. The summed E-state index contributed by atoms with van der Waals surface area (Å²) < 4.78 is 29.9. The van der Waals surface area contributed by atoms with Crippen LogP contribution in [0.15, 0.2) is 79.4 Å². The molecule has 5 heterocycles. The van der Waals surface area contributed by atoms with Crippen molar-refractivity contribution in [3.63, 3.8) is 0 Å². The molecule has 43 heavy (non-hydrogen) atoms. The zero-order valence-electron chi connectivity index (χ0n) is 22.9. The molecule has 1 aliphatic rings. The Morgan fingerprint density at radius 1 is 1.07 bits per heavy atom. The van der Waals surface area contributed by atoms with Crippen LogP contribution in [-0.2, 0) is 6.42 Å². The summed E-state index contributed by atoms with van der Waals surface area (Å²) in [7, 11) is 0. The van der Waals surface area contributed by atoms with Gasteiger partial charge in [-0.2, -0.15) is 5.10 Å². The number of carbonyl (C=O) groups is 1. The number of nitrogens with two attached hydrogens (primary N) is 1. The van der Waals surface area contributed by atoms with Gasteiger partial charge in [0.05, 0.1) is 17.2 Å². The monoisotopic (exact) mass is 577 g/mol. The van der Waals surface area contributed by atoms with Crippen molar-refractivity contribution in [1.29, 1.82) is 0 Å². The van der Waals surface area contributed by atoms with Crippen LogP contribution >= 0.6 is 0 Å². The number of benzene rings is 1. The van der Waals surface area contributed by atoms with Crippen molar-refractivity contribution >= 4 is 22.9 Å². The molecule has 0 bridgehead atoms. The van der Waals surface area contributed by atoms with Gasteiger partial charge in [0, 0.05) is 30.5 Å². The lowest BCUT2D eigenvalue weighted by Gasteiger charge is -2.16. The van der Waals surface area contributed by atoms with Crippen LogP contribution in [0.25, 0.3) is 34.1 Å². The number of nitrogens with one attached hydrogen (secondary N) is 1. The molecule has 1 amide bonds. The normalized spacial score (nSPS) is 14.4. The summed E-state index contributed by atoms with van der Waals surface area (Å²) in [4.78, 5) is 30.9. The van der Waals surface area contributed by atoms with E-state index in [1.54, 1.807) is 17.1 Å². The Hall–Kier alpha value is -5.52. The minimum atomic E-state index is -2.69. The third-order valence-corrected chi connectivity index (χ3v) is 7.66. The number of aryl methyl sites for hydroxylation is 2. The molecule has 1 aromatic carbocycles. The second kappa shape index (κ2) is 10.4. The lowest BCUT2D eigenvalue weighted by atomic mass is 10.1. The smallest absolute Gasteiger partial charge is 0.280 e. The topological polar surface area (TPSA) is 129 Å². The Morgan fingerprint density at radius 2 is 1.95 bits per heavy atom. The van der Waals surface area contributed by atoms with Crippen LogP contribution in [0, 0.1) is 6.92 Å². The Balaban J connectivity index is 1.26. The molecule has 10 nitrogen and oxygen atoms in total. The third kappa shape index (κ3) is 4.66. The molecule has 0 spiro atoms. The van der Waals surface area contributed by atoms with E-state index in [4.69, 9.17) is 15.7 Å². The molecule has 214 valence electrons. The van der Waals surface area contributed by atoms with E-state index in [9.17, 15) is 13.6 Å². The maximum atomic E-state index is 13.1. The summed E-state index contributed by atoms with van der Waals surface area (Å²) in [5, 5.41) is 7.36. The van der Waals surface area contributed by atoms with Gasteiger partial charge in [0.2, 0.25) is 0 Å². The van der Waals surface area contributed by atoms with Gasteiger partial charge in [0.25, 0.3) is 12.3 Å². The number of rotatable bonds is 6. The molecule has 0 fully saturated rings. The van der Waals surface area contributed by atoms with E-state index in [1.807, 2.05) is 53.2 Å². The second-order valence-corrected chi connectivity index (χ2v) is 10.3. The molecular weight excluding hydrogens is 552 g/mol. The predicted octanol–water partition coefficient (Wildman–Crippen LogP) is 5.31. The van der Waals surface area contributed by atoms with E-state index >= 15 is 0 Å². The number of nitrogen functional groups attached to an aromatic ring is 1. The van der Waals surface area contributed by atoms with Crippen LogP contribution in [-0.4, -0.2) is 40.2 Å². The Bertz CT molecular complexity index is 2000. The van der Waals surface area contributed by atoms with Crippen LogP contribution in [0.4, 0.5) is 14.6 Å². The van der Waals surface area contributed by atoms with Gasteiger partial charge in [0.1, 0.15) is 17.0 Å². The first-order valence-corrected chi connectivity index (χ1v) is 13.7. The summed E-state index contributed by atoms with van der Waals surface area (Å²) in [6.07, 6.45) is 5.08. The van der Waals surface area contributed by atoms with Gasteiger partial charge < -0.3 is 11.1 Å². The Labute approximate surface area is 244 Å². The summed E-state index contributed by atoms with van der Waals surface area (Å²) in [5.41, 5.74) is 11.4. The molecule has 3 N–H and O–H groups in total. The Kier molecular flexibility index (Phi) is 6.38.